The van der Waals surface area contributed by atoms with Gasteiger partial charge >= 0.3 is 0 Å². The monoisotopic (exact) mass is 146 g/mol. The molecule has 4 heteroatoms. The minimum atomic E-state index is -2.99. The first kappa shape index (κ1) is 8.08. The summed E-state index contributed by atoms with van der Waals surface area (Å²) in [6.45, 7) is 0.769. The average molecular weight is 147 g/mol. The second-order valence-corrected chi connectivity index (χ2v) is 1.98. The zero-order valence-electron chi connectivity index (χ0n) is 4.30. The fourth-order valence-corrected chi connectivity index (χ4v) is 0.175. The van der Waals surface area contributed by atoms with Crippen LogP contribution in [0.2, 0.25) is 0 Å². The lowest BCUT2D eigenvalue weighted by molar-refractivity contribution is -0.00659. The van der Waals surface area contributed by atoms with Gasteiger partial charge in [-0.3, -0.25) is 0 Å². The molecule has 1 atom stereocenters. The second-order valence-electron chi connectivity index (χ2n) is 1.71. The van der Waals surface area contributed by atoms with Crippen LogP contribution in [-0.2, 0) is 0 Å². The molecule has 8 heavy (non-hydrogen) atoms. The highest BCUT2D eigenvalue weighted by molar-refractivity contribution is 6.18. The van der Waals surface area contributed by atoms with Crippen molar-refractivity contribution in [1.82, 2.24) is 0 Å². The van der Waals surface area contributed by atoms with Crippen molar-refractivity contribution >= 4 is 11.6 Å². The third-order valence-electron chi connectivity index (χ3n) is 0.716. The Labute approximate surface area is 50.6 Å². The molecular formula is C4H6ClF3. The maximum atomic E-state index is 12.1. The van der Waals surface area contributed by atoms with E-state index in [1.54, 1.807) is 0 Å². The molecule has 0 aliphatic heterocycles. The van der Waals surface area contributed by atoms with E-state index in [2.05, 4.69) is 0 Å². The summed E-state index contributed by atoms with van der Waals surface area (Å²) >= 11 is 4.83. The molecule has 0 aromatic heterocycles. The summed E-state index contributed by atoms with van der Waals surface area (Å²) < 4.78 is 34.8. The van der Waals surface area contributed by atoms with Crippen molar-refractivity contribution in [2.45, 2.75) is 19.0 Å². The van der Waals surface area contributed by atoms with Gasteiger partial charge in [-0.1, -0.05) is 0 Å². The SMILES string of the molecule is CC(F)(CCl)C(F)F. The fraction of sp³-hybridized carbons (Fsp3) is 1.00. The Morgan fingerprint density at radius 1 is 1.62 bits per heavy atom. The zero-order chi connectivity index (χ0) is 6.78. The molecule has 0 amide bonds. The van der Waals surface area contributed by atoms with Gasteiger partial charge in [0.1, 0.15) is 0 Å². The molecule has 0 aliphatic rings. The highest BCUT2D eigenvalue weighted by Crippen LogP contribution is 2.20. The van der Waals surface area contributed by atoms with Crippen molar-refractivity contribution in [3.63, 3.8) is 0 Å². The Morgan fingerprint density at radius 3 is 2.00 bits per heavy atom. The highest BCUT2D eigenvalue weighted by Gasteiger charge is 2.33. The summed E-state index contributed by atoms with van der Waals surface area (Å²) in [7, 11) is 0. The van der Waals surface area contributed by atoms with Crippen molar-refractivity contribution in [3.8, 4) is 0 Å². The lowest BCUT2D eigenvalue weighted by Gasteiger charge is -2.13. The van der Waals surface area contributed by atoms with E-state index in [9.17, 15) is 13.2 Å². The lowest BCUT2D eigenvalue weighted by atomic mass is 10.2. The number of alkyl halides is 4. The Bertz CT molecular complexity index is 71.7. The smallest absolute Gasteiger partial charge is 0.237 e. The number of halogens is 4. The van der Waals surface area contributed by atoms with E-state index >= 15 is 0 Å². The molecule has 0 nitrogen and oxygen atoms in total. The Hall–Kier alpha value is 0.0800. The lowest BCUT2D eigenvalue weighted by Crippen LogP contribution is -2.29. The summed E-state index contributed by atoms with van der Waals surface area (Å²) in [5, 5.41) is 0. The second kappa shape index (κ2) is 2.58. The van der Waals surface area contributed by atoms with Crippen LogP contribution < -0.4 is 0 Å². The van der Waals surface area contributed by atoms with Gasteiger partial charge in [0.05, 0.1) is 5.88 Å². The number of hydrogen-bond acceptors (Lipinski definition) is 0. The molecule has 0 aromatic rings. The molecule has 0 saturated carbocycles. The molecule has 0 rings (SSSR count). The van der Waals surface area contributed by atoms with Gasteiger partial charge in [0.25, 0.3) is 6.43 Å². The van der Waals surface area contributed by atoms with E-state index in [-0.39, 0.29) is 0 Å². The molecule has 0 N–H and O–H groups in total. The van der Waals surface area contributed by atoms with Crippen LogP contribution in [0.4, 0.5) is 13.2 Å². The van der Waals surface area contributed by atoms with Crippen LogP contribution in [0.3, 0.4) is 0 Å². The Balaban J connectivity index is 3.71. The van der Waals surface area contributed by atoms with Crippen LogP contribution in [0, 0.1) is 0 Å². The average Bonchev–Trinajstić information content (AvgIpc) is 1.67. The largest absolute Gasteiger partial charge is 0.272 e. The van der Waals surface area contributed by atoms with E-state index < -0.39 is 18.0 Å². The minimum absolute atomic E-state index is 0.662. The van der Waals surface area contributed by atoms with Gasteiger partial charge in [0.15, 0.2) is 5.67 Å². The first-order valence-electron chi connectivity index (χ1n) is 2.03. The molecule has 0 aromatic carbocycles. The van der Waals surface area contributed by atoms with E-state index in [4.69, 9.17) is 11.6 Å². The van der Waals surface area contributed by atoms with Crippen molar-refractivity contribution < 1.29 is 13.2 Å². The standard InChI is InChI=1S/C4H6ClF3/c1-4(8,2-5)3(6)7/h3H,2H2,1H3. The molecule has 0 heterocycles. The Kier molecular flexibility index (Phi) is 2.60. The maximum Gasteiger partial charge on any atom is 0.272 e. The number of rotatable bonds is 2. The van der Waals surface area contributed by atoms with Crippen LogP contribution in [0.5, 0.6) is 0 Å². The van der Waals surface area contributed by atoms with Gasteiger partial charge in [-0.05, 0) is 6.92 Å². The highest BCUT2D eigenvalue weighted by atomic mass is 35.5. The van der Waals surface area contributed by atoms with E-state index in [1.807, 2.05) is 0 Å². The number of hydrogen-bond donors (Lipinski definition) is 0. The van der Waals surface area contributed by atoms with Gasteiger partial charge in [-0.15, -0.1) is 11.6 Å². The minimum Gasteiger partial charge on any atom is -0.237 e. The molecule has 0 saturated heterocycles. The van der Waals surface area contributed by atoms with E-state index in [0.717, 1.165) is 6.92 Å². The summed E-state index contributed by atoms with van der Waals surface area (Å²) in [6, 6.07) is 0. The van der Waals surface area contributed by atoms with Gasteiger partial charge in [0, 0.05) is 0 Å². The van der Waals surface area contributed by atoms with Crippen LogP contribution in [0.15, 0.2) is 0 Å². The van der Waals surface area contributed by atoms with Gasteiger partial charge in [-0.25, -0.2) is 13.2 Å². The van der Waals surface area contributed by atoms with Crippen molar-refractivity contribution in [1.29, 1.82) is 0 Å². The Morgan fingerprint density at radius 2 is 2.00 bits per heavy atom. The van der Waals surface area contributed by atoms with Crippen LogP contribution in [-0.4, -0.2) is 18.0 Å². The van der Waals surface area contributed by atoms with Gasteiger partial charge in [0.2, 0.25) is 0 Å². The normalized spacial score (nSPS) is 18.8. The summed E-state index contributed by atoms with van der Waals surface area (Å²) in [6.07, 6.45) is -2.99. The zero-order valence-corrected chi connectivity index (χ0v) is 5.05. The predicted molar refractivity (Wildman–Crippen MR) is 26.2 cm³/mol. The quantitative estimate of drug-likeness (QED) is 0.524. The predicted octanol–water partition coefficient (Wildman–Crippen LogP) is 2.22. The van der Waals surface area contributed by atoms with Crippen LogP contribution >= 0.6 is 11.6 Å². The maximum absolute atomic E-state index is 12.1. The molecule has 0 bridgehead atoms. The topological polar surface area (TPSA) is 0 Å². The van der Waals surface area contributed by atoms with E-state index in [1.165, 1.54) is 0 Å². The molecular weight excluding hydrogens is 140 g/mol. The van der Waals surface area contributed by atoms with Gasteiger partial charge in [-0.2, -0.15) is 0 Å². The fourth-order valence-electron chi connectivity index (χ4n) is 0.0583. The third-order valence-corrected chi connectivity index (χ3v) is 1.24. The molecule has 0 aliphatic carbocycles. The molecule has 0 radical (unpaired) electrons. The summed E-state index contributed by atoms with van der Waals surface area (Å²) in [5.74, 6) is -0.662. The molecule has 0 spiro atoms. The van der Waals surface area contributed by atoms with Crippen molar-refractivity contribution in [3.05, 3.63) is 0 Å². The molecule has 0 fully saturated rings. The van der Waals surface area contributed by atoms with Crippen molar-refractivity contribution in [2.75, 3.05) is 5.88 Å². The van der Waals surface area contributed by atoms with Crippen molar-refractivity contribution in [2.24, 2.45) is 0 Å². The van der Waals surface area contributed by atoms with E-state index in [0.29, 0.717) is 0 Å². The first-order valence-corrected chi connectivity index (χ1v) is 2.57. The van der Waals surface area contributed by atoms with Crippen LogP contribution in [0.25, 0.3) is 0 Å². The first-order chi connectivity index (χ1) is 3.50. The van der Waals surface area contributed by atoms with Crippen LogP contribution in [0.1, 0.15) is 6.92 Å². The summed E-state index contributed by atoms with van der Waals surface area (Å²) in [5.41, 5.74) is -2.53. The van der Waals surface area contributed by atoms with Gasteiger partial charge < -0.3 is 0 Å². The molecule has 1 unspecified atom stereocenters. The third kappa shape index (κ3) is 1.90. The molecule has 50 valence electrons. The summed E-state index contributed by atoms with van der Waals surface area (Å²) in [4.78, 5) is 0.